The van der Waals surface area contributed by atoms with Crippen molar-refractivity contribution in [2.45, 2.75) is 21.1 Å². The van der Waals surface area contributed by atoms with Gasteiger partial charge in [0.15, 0.2) is 0 Å². The van der Waals surface area contributed by atoms with Gasteiger partial charge in [0.05, 0.1) is 9.77 Å². The van der Waals surface area contributed by atoms with Crippen LogP contribution in [0.3, 0.4) is 0 Å². The van der Waals surface area contributed by atoms with Crippen molar-refractivity contribution in [1.29, 1.82) is 0 Å². The van der Waals surface area contributed by atoms with Gasteiger partial charge in [0.2, 0.25) is 9.84 Å². The molecule has 2 heterocycles. The van der Waals surface area contributed by atoms with E-state index >= 15 is 0 Å². The lowest BCUT2D eigenvalue weighted by Gasteiger charge is -2.24. The summed E-state index contributed by atoms with van der Waals surface area (Å²) in [5, 5.41) is 12.0. The maximum atomic E-state index is 12.6. The summed E-state index contributed by atoms with van der Waals surface area (Å²) in [5.74, 6) is -0.678. The molecule has 1 saturated heterocycles. The van der Waals surface area contributed by atoms with Gasteiger partial charge in [-0.25, -0.2) is 13.2 Å². The monoisotopic (exact) mass is 397 g/mol. The highest BCUT2D eigenvalue weighted by molar-refractivity contribution is 7.99. The fourth-order valence-corrected chi connectivity index (χ4v) is 6.42. The molecule has 0 saturated carbocycles. The molecule has 3 rings (SSSR count). The largest absolute Gasteiger partial charge is 0.479 e. The molecule has 9 heteroatoms. The second kappa shape index (κ2) is 6.81. The lowest BCUT2D eigenvalue weighted by molar-refractivity contribution is -0.143. The minimum Gasteiger partial charge on any atom is -0.479 e. The summed E-state index contributed by atoms with van der Waals surface area (Å²) in [6, 6.07) is 10.7. The van der Waals surface area contributed by atoms with Crippen LogP contribution < -0.4 is 5.32 Å². The van der Waals surface area contributed by atoms with E-state index in [0.29, 0.717) is 17.9 Å². The van der Waals surface area contributed by atoms with E-state index in [1.807, 2.05) is 0 Å². The van der Waals surface area contributed by atoms with E-state index in [0.717, 1.165) is 11.3 Å². The predicted octanol–water partition coefficient (Wildman–Crippen LogP) is 2.27. The number of thiophene rings is 1. The Kier molecular flexibility index (Phi) is 4.90. The van der Waals surface area contributed by atoms with Crippen LogP contribution >= 0.6 is 23.1 Å². The summed E-state index contributed by atoms with van der Waals surface area (Å²) in [6.07, 6.45) is 0.347. The second-order valence-electron chi connectivity index (χ2n) is 5.58. The third-order valence-corrected chi connectivity index (χ3v) is 8.44. The van der Waals surface area contributed by atoms with Crippen molar-refractivity contribution in [2.75, 3.05) is 11.5 Å². The first-order chi connectivity index (χ1) is 11.8. The number of carboxylic acids is 1. The number of sulfone groups is 1. The van der Waals surface area contributed by atoms with Crippen molar-refractivity contribution in [3.05, 3.63) is 47.3 Å². The third kappa shape index (κ3) is 3.44. The number of thioether (sulfide) groups is 1. The van der Waals surface area contributed by atoms with Crippen LogP contribution in [0.4, 0.5) is 0 Å². The van der Waals surface area contributed by atoms with Crippen molar-refractivity contribution >= 4 is 44.8 Å². The molecule has 0 bridgehead atoms. The molecule has 2 aromatic rings. The van der Waals surface area contributed by atoms with E-state index in [9.17, 15) is 23.1 Å². The fraction of sp³-hybridized carbons (Fsp3) is 0.250. The molecule has 6 nitrogen and oxygen atoms in total. The highest BCUT2D eigenvalue weighted by Gasteiger charge is 2.43. The molecule has 0 radical (unpaired) electrons. The molecule has 1 unspecified atom stereocenters. The van der Waals surface area contributed by atoms with Crippen LogP contribution in [0.15, 0.2) is 51.6 Å². The summed E-state index contributed by atoms with van der Waals surface area (Å²) >= 11 is 2.30. The normalized spacial score (nSPS) is 20.3. The first-order valence-electron chi connectivity index (χ1n) is 7.39. The molecule has 1 atom stereocenters. The lowest BCUT2D eigenvalue weighted by atomic mass is 9.99. The maximum absolute atomic E-state index is 12.6. The van der Waals surface area contributed by atoms with E-state index in [4.69, 9.17) is 0 Å². The lowest BCUT2D eigenvalue weighted by Crippen LogP contribution is -2.54. The van der Waals surface area contributed by atoms with Gasteiger partial charge in [-0.15, -0.1) is 11.3 Å². The number of hydrogen-bond donors (Lipinski definition) is 2. The standard InChI is InChI=1S/C16H15NO5S3/c18-14(17-16(15(19)20)8-9-23-10-16)12-6-7-13(24-12)25(21,22)11-4-2-1-3-5-11/h1-7H,8-10H2,(H,17,18)(H,19,20). The number of benzene rings is 1. The first kappa shape index (κ1) is 18.0. The maximum Gasteiger partial charge on any atom is 0.330 e. The molecule has 0 aliphatic carbocycles. The summed E-state index contributed by atoms with van der Waals surface area (Å²) in [6.45, 7) is 0. The van der Waals surface area contributed by atoms with Crippen LogP contribution in [0.1, 0.15) is 16.1 Å². The highest BCUT2D eigenvalue weighted by Crippen LogP contribution is 2.31. The Balaban J connectivity index is 1.84. The molecule has 0 spiro atoms. The average molecular weight is 397 g/mol. The molecule has 1 aliphatic rings. The Morgan fingerprint density at radius 3 is 2.44 bits per heavy atom. The van der Waals surface area contributed by atoms with Gasteiger partial charge in [-0.3, -0.25) is 4.79 Å². The van der Waals surface area contributed by atoms with E-state index in [2.05, 4.69) is 5.32 Å². The quantitative estimate of drug-likeness (QED) is 0.803. The van der Waals surface area contributed by atoms with Gasteiger partial charge in [-0.05, 0) is 36.4 Å². The smallest absolute Gasteiger partial charge is 0.330 e. The molecule has 1 amide bonds. The molecule has 1 aromatic heterocycles. The fourth-order valence-electron chi connectivity index (χ4n) is 2.47. The van der Waals surface area contributed by atoms with E-state index in [-0.39, 0.29) is 14.0 Å². The zero-order chi connectivity index (χ0) is 18.1. The zero-order valence-electron chi connectivity index (χ0n) is 13.0. The third-order valence-electron chi connectivity index (χ3n) is 3.91. The van der Waals surface area contributed by atoms with Gasteiger partial charge in [0, 0.05) is 5.75 Å². The topological polar surface area (TPSA) is 101 Å². The molecule has 25 heavy (non-hydrogen) atoms. The summed E-state index contributed by atoms with van der Waals surface area (Å²) in [7, 11) is -3.69. The molecular formula is C16H15NO5S3. The highest BCUT2D eigenvalue weighted by atomic mass is 32.2. The minimum absolute atomic E-state index is 0.0500. The molecule has 1 fully saturated rings. The Labute approximate surface area is 153 Å². The van der Waals surface area contributed by atoms with Crippen molar-refractivity contribution in [1.82, 2.24) is 5.32 Å². The Morgan fingerprint density at radius 1 is 1.12 bits per heavy atom. The number of amides is 1. The SMILES string of the molecule is O=C(NC1(C(=O)O)CCSC1)c1ccc(S(=O)(=O)c2ccccc2)s1. The van der Waals surface area contributed by atoms with E-state index in [1.165, 1.54) is 36.0 Å². The van der Waals surface area contributed by atoms with E-state index in [1.54, 1.807) is 18.2 Å². The Morgan fingerprint density at radius 2 is 1.84 bits per heavy atom. The molecule has 1 aromatic carbocycles. The van der Waals surface area contributed by atoms with Crippen LogP contribution in [-0.4, -0.2) is 42.4 Å². The van der Waals surface area contributed by atoms with Crippen molar-refractivity contribution in [2.24, 2.45) is 0 Å². The van der Waals surface area contributed by atoms with Crippen LogP contribution in [0.2, 0.25) is 0 Å². The van der Waals surface area contributed by atoms with Gasteiger partial charge in [-0.2, -0.15) is 11.8 Å². The van der Waals surface area contributed by atoms with Crippen LogP contribution in [0.25, 0.3) is 0 Å². The van der Waals surface area contributed by atoms with Crippen LogP contribution in [0, 0.1) is 0 Å². The Hall–Kier alpha value is -1.84. The van der Waals surface area contributed by atoms with Crippen molar-refractivity contribution in [3.8, 4) is 0 Å². The summed E-state index contributed by atoms with van der Waals surface area (Å²) in [4.78, 5) is 24.3. The first-order valence-corrected chi connectivity index (χ1v) is 10.8. The van der Waals surface area contributed by atoms with Crippen molar-refractivity contribution in [3.63, 3.8) is 0 Å². The molecule has 132 valence electrons. The number of aliphatic carboxylic acids is 1. The molecular weight excluding hydrogens is 382 g/mol. The summed E-state index contributed by atoms with van der Waals surface area (Å²) < 4.78 is 25.2. The number of carbonyl (C=O) groups excluding carboxylic acids is 1. The van der Waals surface area contributed by atoms with Crippen LogP contribution in [0.5, 0.6) is 0 Å². The average Bonchev–Trinajstić information content (AvgIpc) is 3.26. The molecule has 2 N–H and O–H groups in total. The zero-order valence-corrected chi connectivity index (χ0v) is 15.4. The minimum atomic E-state index is -3.69. The van der Waals surface area contributed by atoms with Gasteiger partial charge in [0.1, 0.15) is 9.75 Å². The number of carbonyl (C=O) groups is 2. The second-order valence-corrected chi connectivity index (χ2v) is 9.94. The number of hydrogen-bond acceptors (Lipinski definition) is 6. The number of nitrogens with one attached hydrogen (secondary N) is 1. The number of carboxylic acid groups (broad SMARTS) is 1. The van der Waals surface area contributed by atoms with Gasteiger partial charge < -0.3 is 10.4 Å². The van der Waals surface area contributed by atoms with Gasteiger partial charge >= 0.3 is 5.97 Å². The molecule has 1 aliphatic heterocycles. The van der Waals surface area contributed by atoms with Crippen molar-refractivity contribution < 1.29 is 23.1 Å². The van der Waals surface area contributed by atoms with Gasteiger partial charge in [-0.1, -0.05) is 18.2 Å². The van der Waals surface area contributed by atoms with Gasteiger partial charge in [0.25, 0.3) is 5.91 Å². The predicted molar refractivity (Wildman–Crippen MR) is 96.0 cm³/mol. The summed E-state index contributed by atoms with van der Waals surface area (Å²) in [5.41, 5.74) is -1.29. The van der Waals surface area contributed by atoms with Crippen LogP contribution in [-0.2, 0) is 14.6 Å². The number of rotatable bonds is 5. The Bertz CT molecular complexity index is 899. The van der Waals surface area contributed by atoms with E-state index < -0.39 is 27.3 Å².